The minimum atomic E-state index is -0.969. The molecule has 28 heavy (non-hydrogen) atoms. The summed E-state index contributed by atoms with van der Waals surface area (Å²) in [4.78, 5) is 41.5. The van der Waals surface area contributed by atoms with Gasteiger partial charge >= 0.3 is 12.0 Å². The molecule has 2 heterocycles. The summed E-state index contributed by atoms with van der Waals surface area (Å²) in [5, 5.41) is 8.25. The number of carbonyl (C=O) groups is 3. The summed E-state index contributed by atoms with van der Waals surface area (Å²) < 4.78 is 5.17. The lowest BCUT2D eigenvalue weighted by atomic mass is 9.99. The minimum Gasteiger partial charge on any atom is -0.458 e. The molecule has 2 N–H and O–H groups in total. The molecular weight excluding hydrogens is 380 g/mol. The molecule has 2 aromatic rings. The van der Waals surface area contributed by atoms with Crippen LogP contribution < -0.4 is 10.6 Å². The lowest BCUT2D eigenvalue weighted by molar-refractivity contribution is -0.148. The third-order valence-electron chi connectivity index (χ3n) is 4.58. The highest BCUT2D eigenvalue weighted by molar-refractivity contribution is 7.13. The lowest BCUT2D eigenvalue weighted by Gasteiger charge is -2.18. The van der Waals surface area contributed by atoms with Gasteiger partial charge in [0, 0.05) is 11.1 Å². The first-order chi connectivity index (χ1) is 13.3. The molecule has 3 amide bonds. The van der Waals surface area contributed by atoms with E-state index in [4.69, 9.17) is 4.74 Å². The Hall–Kier alpha value is -2.94. The van der Waals surface area contributed by atoms with E-state index >= 15 is 0 Å². The van der Waals surface area contributed by atoms with E-state index in [0.29, 0.717) is 17.2 Å². The number of ether oxygens (including phenoxy) is 1. The van der Waals surface area contributed by atoms with Crippen molar-refractivity contribution in [1.82, 2.24) is 15.2 Å². The van der Waals surface area contributed by atoms with Crippen molar-refractivity contribution in [3.8, 4) is 0 Å². The Labute approximate surface area is 166 Å². The molecule has 1 aromatic carbocycles. The van der Waals surface area contributed by atoms with Gasteiger partial charge in [0.25, 0.3) is 5.91 Å². The molecule has 1 atom stereocenters. The fourth-order valence-electron chi connectivity index (χ4n) is 2.65. The highest BCUT2D eigenvalue weighted by atomic mass is 32.1. The van der Waals surface area contributed by atoms with Crippen LogP contribution in [0.5, 0.6) is 0 Å². The first-order valence-electron chi connectivity index (χ1n) is 8.88. The molecule has 1 aliphatic heterocycles. The standard InChI is InChI=1S/C19H22N4O4S/c1-4-19(3)16(25)23(18(26)22-19)9-15(24)27-10-14-11-28-17(21-14)20-13-7-5-12(2)6-8-13/h5-8,11H,4,9-10H2,1-3H3,(H,20,21)(H,22,26)/t19-/m1/s1. The summed E-state index contributed by atoms with van der Waals surface area (Å²) in [6.45, 7) is 5.00. The number of anilines is 2. The number of esters is 1. The average molecular weight is 402 g/mol. The van der Waals surface area contributed by atoms with Gasteiger partial charge in [0.15, 0.2) is 5.13 Å². The van der Waals surface area contributed by atoms with Crippen molar-refractivity contribution in [2.24, 2.45) is 0 Å². The number of imide groups is 1. The molecule has 148 valence electrons. The van der Waals surface area contributed by atoms with E-state index in [1.807, 2.05) is 31.2 Å². The van der Waals surface area contributed by atoms with Crippen LogP contribution in [0.15, 0.2) is 29.6 Å². The van der Waals surface area contributed by atoms with Crippen LogP contribution in [-0.2, 0) is 20.9 Å². The Kier molecular flexibility index (Phi) is 5.64. The normalized spacial score (nSPS) is 18.9. The summed E-state index contributed by atoms with van der Waals surface area (Å²) in [6, 6.07) is 7.33. The number of carbonyl (C=O) groups excluding carboxylic acids is 3. The first kappa shape index (κ1) is 19.8. The second-order valence-corrected chi connectivity index (χ2v) is 7.66. The number of hydrogen-bond donors (Lipinski definition) is 2. The van der Waals surface area contributed by atoms with Gasteiger partial charge in [-0.2, -0.15) is 0 Å². The topological polar surface area (TPSA) is 101 Å². The van der Waals surface area contributed by atoms with Crippen LogP contribution >= 0.6 is 11.3 Å². The van der Waals surface area contributed by atoms with Crippen LogP contribution in [0.4, 0.5) is 15.6 Å². The van der Waals surface area contributed by atoms with E-state index in [0.717, 1.165) is 10.6 Å². The van der Waals surface area contributed by atoms with Gasteiger partial charge < -0.3 is 15.4 Å². The second-order valence-electron chi connectivity index (χ2n) is 6.80. The zero-order valence-corrected chi connectivity index (χ0v) is 16.8. The van der Waals surface area contributed by atoms with E-state index in [-0.39, 0.29) is 6.61 Å². The Morgan fingerprint density at radius 3 is 2.68 bits per heavy atom. The number of aromatic nitrogens is 1. The summed E-state index contributed by atoms with van der Waals surface area (Å²) in [7, 11) is 0. The van der Waals surface area contributed by atoms with Crippen molar-refractivity contribution >= 4 is 40.1 Å². The number of nitrogens with zero attached hydrogens (tertiary/aromatic N) is 2. The highest BCUT2D eigenvalue weighted by Crippen LogP contribution is 2.22. The summed E-state index contributed by atoms with van der Waals surface area (Å²) >= 11 is 1.39. The molecule has 8 nitrogen and oxygen atoms in total. The maximum atomic E-state index is 12.3. The molecule has 9 heteroatoms. The zero-order chi connectivity index (χ0) is 20.3. The number of nitrogens with one attached hydrogen (secondary N) is 2. The Balaban J connectivity index is 1.51. The monoisotopic (exact) mass is 402 g/mol. The van der Waals surface area contributed by atoms with Gasteiger partial charge in [0.05, 0.1) is 5.69 Å². The predicted octanol–water partition coefficient (Wildman–Crippen LogP) is 2.96. The zero-order valence-electron chi connectivity index (χ0n) is 15.9. The Morgan fingerprint density at radius 2 is 2.04 bits per heavy atom. The molecule has 0 spiro atoms. The maximum Gasteiger partial charge on any atom is 0.326 e. The molecule has 1 aliphatic rings. The molecule has 1 aromatic heterocycles. The number of rotatable bonds is 7. The number of benzene rings is 1. The van der Waals surface area contributed by atoms with Gasteiger partial charge in [-0.05, 0) is 32.4 Å². The van der Waals surface area contributed by atoms with E-state index in [1.54, 1.807) is 19.2 Å². The highest BCUT2D eigenvalue weighted by Gasteiger charge is 2.47. The molecule has 0 unspecified atom stereocenters. The van der Waals surface area contributed by atoms with Crippen LogP contribution in [0.3, 0.4) is 0 Å². The van der Waals surface area contributed by atoms with Crippen molar-refractivity contribution < 1.29 is 19.1 Å². The minimum absolute atomic E-state index is 0.0282. The number of urea groups is 1. The van der Waals surface area contributed by atoms with Gasteiger partial charge in [-0.1, -0.05) is 24.6 Å². The van der Waals surface area contributed by atoms with Crippen LogP contribution in [0.25, 0.3) is 0 Å². The molecule has 0 aliphatic carbocycles. The van der Waals surface area contributed by atoms with Crippen LogP contribution in [0.2, 0.25) is 0 Å². The smallest absolute Gasteiger partial charge is 0.326 e. The number of hydrogen-bond acceptors (Lipinski definition) is 7. The average Bonchev–Trinajstić information content (AvgIpc) is 3.20. The number of amides is 3. The van der Waals surface area contributed by atoms with E-state index in [9.17, 15) is 14.4 Å². The summed E-state index contributed by atoms with van der Waals surface area (Å²) in [5.74, 6) is -1.08. The number of thiazole rings is 1. The van der Waals surface area contributed by atoms with Gasteiger partial charge in [0.2, 0.25) is 0 Å². The maximum absolute atomic E-state index is 12.3. The van der Waals surface area contributed by atoms with Gasteiger partial charge in [0.1, 0.15) is 18.7 Å². The SMILES string of the molecule is CC[C@@]1(C)NC(=O)N(CC(=O)OCc2csc(Nc3ccc(C)cc3)n2)C1=O. The van der Waals surface area contributed by atoms with Crippen LogP contribution in [-0.4, -0.2) is 39.9 Å². The lowest BCUT2D eigenvalue weighted by Crippen LogP contribution is -2.43. The fraction of sp³-hybridized carbons (Fsp3) is 0.368. The molecule has 3 rings (SSSR count). The van der Waals surface area contributed by atoms with E-state index in [2.05, 4.69) is 15.6 Å². The molecule has 1 saturated heterocycles. The van der Waals surface area contributed by atoms with Crippen molar-refractivity contribution in [2.75, 3.05) is 11.9 Å². The molecular formula is C19H22N4O4S. The number of aryl methyl sites for hydroxylation is 1. The van der Waals surface area contributed by atoms with Gasteiger partial charge in [-0.3, -0.25) is 14.5 Å². The summed E-state index contributed by atoms with van der Waals surface area (Å²) in [5.41, 5.74) is 1.70. The third-order valence-corrected chi connectivity index (χ3v) is 5.38. The van der Waals surface area contributed by atoms with Crippen molar-refractivity contribution in [3.63, 3.8) is 0 Å². The summed E-state index contributed by atoms with van der Waals surface area (Å²) in [6.07, 6.45) is 0.443. The van der Waals surface area contributed by atoms with Crippen molar-refractivity contribution in [2.45, 2.75) is 39.3 Å². The third kappa shape index (κ3) is 4.30. The van der Waals surface area contributed by atoms with E-state index in [1.165, 1.54) is 16.9 Å². The molecule has 0 radical (unpaired) electrons. The quantitative estimate of drug-likeness (QED) is 0.545. The van der Waals surface area contributed by atoms with Crippen molar-refractivity contribution in [1.29, 1.82) is 0 Å². The largest absolute Gasteiger partial charge is 0.458 e. The molecule has 0 saturated carbocycles. The van der Waals surface area contributed by atoms with E-state index < -0.39 is 30.0 Å². The Morgan fingerprint density at radius 1 is 1.32 bits per heavy atom. The molecule has 0 bridgehead atoms. The second kappa shape index (κ2) is 7.97. The van der Waals surface area contributed by atoms with Crippen LogP contribution in [0.1, 0.15) is 31.5 Å². The van der Waals surface area contributed by atoms with Gasteiger partial charge in [-0.15, -0.1) is 11.3 Å². The van der Waals surface area contributed by atoms with Crippen molar-refractivity contribution in [3.05, 3.63) is 40.9 Å². The first-order valence-corrected chi connectivity index (χ1v) is 9.76. The van der Waals surface area contributed by atoms with Gasteiger partial charge in [-0.25, -0.2) is 9.78 Å². The van der Waals surface area contributed by atoms with Crippen LogP contribution in [0, 0.1) is 6.92 Å². The fourth-order valence-corrected chi connectivity index (χ4v) is 3.37. The molecule has 1 fully saturated rings. The predicted molar refractivity (Wildman–Crippen MR) is 105 cm³/mol. The Bertz CT molecular complexity index is 896.